The third-order valence-corrected chi connectivity index (χ3v) is 4.93. The Hall–Kier alpha value is -2.18. The number of hydrogen-bond acceptors (Lipinski definition) is 5. The molecular formula is C19H23N3O2S. The molecule has 0 unspecified atom stereocenters. The molecule has 1 aromatic heterocycles. The molecule has 1 saturated heterocycles. The normalized spacial score (nSPS) is 14.9. The molecule has 1 fully saturated rings. The molecule has 0 N–H and O–H groups in total. The zero-order valence-corrected chi connectivity index (χ0v) is 15.5. The fourth-order valence-corrected chi connectivity index (χ4v) is 3.31. The summed E-state index contributed by atoms with van der Waals surface area (Å²) in [5, 5.41) is 2.95. The summed E-state index contributed by atoms with van der Waals surface area (Å²) in [7, 11) is 1.81. The summed E-state index contributed by atoms with van der Waals surface area (Å²) in [5.41, 5.74) is 3.16. The molecule has 5 nitrogen and oxygen atoms in total. The Morgan fingerprint density at radius 2 is 2.04 bits per heavy atom. The predicted octanol–water partition coefficient (Wildman–Crippen LogP) is 2.96. The van der Waals surface area contributed by atoms with E-state index in [0.717, 1.165) is 42.6 Å². The van der Waals surface area contributed by atoms with Crippen molar-refractivity contribution in [3.8, 4) is 0 Å². The quantitative estimate of drug-likeness (QED) is 0.772. The molecule has 2 heterocycles. The number of morpholine rings is 1. The molecule has 0 aliphatic carbocycles. The van der Waals surface area contributed by atoms with E-state index in [-0.39, 0.29) is 5.91 Å². The zero-order chi connectivity index (χ0) is 17.6. The van der Waals surface area contributed by atoms with Crippen molar-refractivity contribution in [2.45, 2.75) is 13.5 Å². The Bertz CT molecular complexity index is 733. The van der Waals surface area contributed by atoms with Gasteiger partial charge in [0.05, 0.1) is 23.9 Å². The maximum Gasteiger partial charge on any atom is 0.246 e. The van der Waals surface area contributed by atoms with Gasteiger partial charge in [0.2, 0.25) is 5.91 Å². The van der Waals surface area contributed by atoms with E-state index in [9.17, 15) is 4.79 Å². The van der Waals surface area contributed by atoms with Gasteiger partial charge in [-0.2, -0.15) is 0 Å². The van der Waals surface area contributed by atoms with Crippen molar-refractivity contribution in [1.29, 1.82) is 0 Å². The molecule has 6 heteroatoms. The van der Waals surface area contributed by atoms with E-state index in [0.29, 0.717) is 6.54 Å². The van der Waals surface area contributed by atoms with Gasteiger partial charge in [-0.1, -0.05) is 12.1 Å². The number of carbonyl (C=O) groups is 1. The van der Waals surface area contributed by atoms with Crippen molar-refractivity contribution in [3.63, 3.8) is 0 Å². The topological polar surface area (TPSA) is 45.7 Å². The van der Waals surface area contributed by atoms with Crippen molar-refractivity contribution < 1.29 is 9.53 Å². The minimum atomic E-state index is -0.0251. The summed E-state index contributed by atoms with van der Waals surface area (Å²) in [6.07, 6.45) is 3.35. The molecule has 0 spiro atoms. The maximum atomic E-state index is 12.2. The van der Waals surface area contributed by atoms with E-state index in [1.165, 1.54) is 5.69 Å². The van der Waals surface area contributed by atoms with Gasteiger partial charge in [0.15, 0.2) is 0 Å². The molecule has 132 valence electrons. The highest BCUT2D eigenvalue weighted by Crippen LogP contribution is 2.17. The van der Waals surface area contributed by atoms with Gasteiger partial charge < -0.3 is 14.5 Å². The Balaban J connectivity index is 1.55. The summed E-state index contributed by atoms with van der Waals surface area (Å²) in [4.78, 5) is 20.6. The van der Waals surface area contributed by atoms with Crippen LogP contribution in [0.4, 0.5) is 5.69 Å². The lowest BCUT2D eigenvalue weighted by molar-refractivity contribution is -0.125. The SMILES string of the molecule is Cc1nc(C=CC(=O)N(C)Cc2ccc(N3CCOCC3)cc2)cs1. The summed E-state index contributed by atoms with van der Waals surface area (Å²) in [6.45, 7) is 5.96. The van der Waals surface area contributed by atoms with Crippen molar-refractivity contribution in [3.05, 3.63) is 52.0 Å². The van der Waals surface area contributed by atoms with Gasteiger partial charge in [0.25, 0.3) is 0 Å². The monoisotopic (exact) mass is 357 g/mol. The molecule has 1 aliphatic heterocycles. The minimum Gasteiger partial charge on any atom is -0.378 e. The van der Waals surface area contributed by atoms with Gasteiger partial charge in [-0.25, -0.2) is 4.98 Å². The van der Waals surface area contributed by atoms with E-state index in [4.69, 9.17) is 4.74 Å². The van der Waals surface area contributed by atoms with Gasteiger partial charge in [-0.3, -0.25) is 4.79 Å². The number of likely N-dealkylation sites (N-methyl/N-ethyl adjacent to an activating group) is 1. The van der Waals surface area contributed by atoms with Crippen LogP contribution < -0.4 is 4.90 Å². The van der Waals surface area contributed by atoms with Crippen LogP contribution in [-0.4, -0.2) is 49.1 Å². The highest BCUT2D eigenvalue weighted by Gasteiger charge is 2.11. The highest BCUT2D eigenvalue weighted by atomic mass is 32.1. The van der Waals surface area contributed by atoms with Crippen LogP contribution in [0.3, 0.4) is 0 Å². The number of anilines is 1. The Kier molecular flexibility index (Phi) is 5.83. The predicted molar refractivity (Wildman–Crippen MR) is 102 cm³/mol. The van der Waals surface area contributed by atoms with Crippen molar-refractivity contribution in [1.82, 2.24) is 9.88 Å². The highest BCUT2D eigenvalue weighted by molar-refractivity contribution is 7.09. The van der Waals surface area contributed by atoms with E-state index >= 15 is 0 Å². The van der Waals surface area contributed by atoms with Gasteiger partial charge in [0, 0.05) is 43.8 Å². The molecule has 3 rings (SSSR count). The van der Waals surface area contributed by atoms with Crippen molar-refractivity contribution >= 4 is 29.0 Å². The van der Waals surface area contributed by atoms with Gasteiger partial charge in [-0.05, 0) is 30.7 Å². The molecule has 2 aromatic rings. The average molecular weight is 357 g/mol. The Morgan fingerprint density at radius 3 is 2.68 bits per heavy atom. The Morgan fingerprint density at radius 1 is 1.32 bits per heavy atom. The number of aromatic nitrogens is 1. The number of ether oxygens (including phenoxy) is 1. The van der Waals surface area contributed by atoms with Crippen LogP contribution in [0.5, 0.6) is 0 Å². The zero-order valence-electron chi connectivity index (χ0n) is 14.6. The standard InChI is InChI=1S/C19H23N3O2S/c1-15-20-17(14-25-15)5-8-19(23)21(2)13-16-3-6-18(7-4-16)22-9-11-24-12-10-22/h3-8,14H,9-13H2,1-2H3. The summed E-state index contributed by atoms with van der Waals surface area (Å²) in [5.74, 6) is -0.0251. The van der Waals surface area contributed by atoms with E-state index in [1.807, 2.05) is 19.4 Å². The van der Waals surface area contributed by atoms with Gasteiger partial charge >= 0.3 is 0 Å². The van der Waals surface area contributed by atoms with E-state index in [1.54, 1.807) is 28.4 Å². The number of aryl methyl sites for hydroxylation is 1. The van der Waals surface area contributed by atoms with Crippen molar-refractivity contribution in [2.24, 2.45) is 0 Å². The lowest BCUT2D eigenvalue weighted by Gasteiger charge is -2.29. The molecule has 0 radical (unpaired) electrons. The fourth-order valence-electron chi connectivity index (χ4n) is 2.73. The molecule has 25 heavy (non-hydrogen) atoms. The van der Waals surface area contributed by atoms with Crippen LogP contribution in [-0.2, 0) is 16.1 Å². The number of amides is 1. The van der Waals surface area contributed by atoms with Crippen LogP contribution in [0, 0.1) is 6.92 Å². The number of rotatable bonds is 5. The average Bonchev–Trinajstić information content (AvgIpc) is 3.06. The van der Waals surface area contributed by atoms with Crippen LogP contribution in [0.2, 0.25) is 0 Å². The second kappa shape index (κ2) is 8.27. The summed E-state index contributed by atoms with van der Waals surface area (Å²) < 4.78 is 5.38. The minimum absolute atomic E-state index is 0.0251. The number of benzene rings is 1. The summed E-state index contributed by atoms with van der Waals surface area (Å²) in [6, 6.07) is 8.41. The summed E-state index contributed by atoms with van der Waals surface area (Å²) >= 11 is 1.58. The molecule has 0 atom stereocenters. The number of hydrogen-bond donors (Lipinski definition) is 0. The number of carbonyl (C=O) groups excluding carboxylic acids is 1. The van der Waals surface area contributed by atoms with E-state index in [2.05, 4.69) is 34.1 Å². The van der Waals surface area contributed by atoms with Crippen LogP contribution >= 0.6 is 11.3 Å². The first-order chi connectivity index (χ1) is 12.1. The number of thiazole rings is 1. The van der Waals surface area contributed by atoms with Crippen LogP contribution in [0.15, 0.2) is 35.7 Å². The maximum absolute atomic E-state index is 12.2. The number of nitrogens with zero attached hydrogens (tertiary/aromatic N) is 3. The third-order valence-electron chi connectivity index (χ3n) is 4.14. The molecule has 1 aliphatic rings. The molecule has 0 bridgehead atoms. The van der Waals surface area contributed by atoms with E-state index < -0.39 is 0 Å². The van der Waals surface area contributed by atoms with Crippen LogP contribution in [0.25, 0.3) is 6.08 Å². The first-order valence-corrected chi connectivity index (χ1v) is 9.27. The Labute approximate surface area is 152 Å². The van der Waals surface area contributed by atoms with Gasteiger partial charge in [0.1, 0.15) is 0 Å². The second-order valence-electron chi connectivity index (χ2n) is 6.08. The second-order valence-corrected chi connectivity index (χ2v) is 7.15. The fraction of sp³-hybridized carbons (Fsp3) is 0.368. The molecule has 1 aromatic carbocycles. The smallest absolute Gasteiger partial charge is 0.246 e. The largest absolute Gasteiger partial charge is 0.378 e. The lowest BCUT2D eigenvalue weighted by atomic mass is 10.1. The third kappa shape index (κ3) is 4.90. The molecule has 1 amide bonds. The van der Waals surface area contributed by atoms with Crippen molar-refractivity contribution in [2.75, 3.05) is 38.3 Å². The molecule has 0 saturated carbocycles. The van der Waals surface area contributed by atoms with Crippen LogP contribution in [0.1, 0.15) is 16.3 Å². The first kappa shape index (κ1) is 17.6. The molecular weight excluding hydrogens is 334 g/mol. The van der Waals surface area contributed by atoms with Gasteiger partial charge in [-0.15, -0.1) is 11.3 Å². The first-order valence-electron chi connectivity index (χ1n) is 8.39. The lowest BCUT2D eigenvalue weighted by Crippen LogP contribution is -2.36.